The fourth-order valence-electron chi connectivity index (χ4n) is 1.38. The number of rotatable bonds is 3. The number of aromatic nitrogens is 3. The summed E-state index contributed by atoms with van der Waals surface area (Å²) in [5.74, 6) is -0.390. The molecule has 0 unspecified atom stereocenters. The minimum absolute atomic E-state index is 0.000790. The van der Waals surface area contributed by atoms with Crippen LogP contribution in [0.2, 0.25) is 0 Å². The molecule has 1 heterocycles. The first-order valence-corrected chi connectivity index (χ1v) is 5.20. The van der Waals surface area contributed by atoms with E-state index in [-0.39, 0.29) is 17.2 Å². The number of nitrogens with two attached hydrogens (primary N) is 1. The van der Waals surface area contributed by atoms with Crippen molar-refractivity contribution in [2.24, 2.45) is 7.05 Å². The Hall–Kier alpha value is -2.97. The molecule has 2 rings (SSSR count). The first kappa shape index (κ1) is 12.5. The second-order valence-corrected chi connectivity index (χ2v) is 3.71. The van der Waals surface area contributed by atoms with Crippen LogP contribution in [0.3, 0.4) is 0 Å². The highest BCUT2D eigenvalue weighted by molar-refractivity contribution is 6.05. The standard InChI is InChI=1S/C10H10N6O3/c1-15-9(11)8(13-14-15)10(17)12-6-2-4-7(5-3-6)16(18)19/h2-5H,11H2,1H3,(H,12,17). The van der Waals surface area contributed by atoms with Crippen LogP contribution in [0.1, 0.15) is 10.5 Å². The van der Waals surface area contributed by atoms with Gasteiger partial charge in [0.15, 0.2) is 11.5 Å². The van der Waals surface area contributed by atoms with E-state index in [1.807, 2.05) is 0 Å². The molecule has 0 saturated heterocycles. The molecule has 3 N–H and O–H groups in total. The second kappa shape index (κ2) is 4.72. The molecule has 1 amide bonds. The third-order valence-corrected chi connectivity index (χ3v) is 2.42. The first-order valence-electron chi connectivity index (χ1n) is 5.20. The molecule has 9 heteroatoms. The average molecular weight is 262 g/mol. The highest BCUT2D eigenvalue weighted by atomic mass is 16.6. The van der Waals surface area contributed by atoms with E-state index in [2.05, 4.69) is 15.6 Å². The minimum atomic E-state index is -0.528. The van der Waals surface area contributed by atoms with Crippen molar-refractivity contribution in [1.82, 2.24) is 15.0 Å². The number of anilines is 2. The number of nitrogens with one attached hydrogen (secondary N) is 1. The van der Waals surface area contributed by atoms with Crippen molar-refractivity contribution in [3.05, 3.63) is 40.1 Å². The molecule has 98 valence electrons. The van der Waals surface area contributed by atoms with Gasteiger partial charge in [0.25, 0.3) is 11.6 Å². The molecule has 19 heavy (non-hydrogen) atoms. The molecule has 1 aromatic heterocycles. The number of non-ortho nitro benzene ring substituents is 1. The summed E-state index contributed by atoms with van der Waals surface area (Å²) < 4.78 is 1.27. The van der Waals surface area contributed by atoms with Crippen LogP contribution in [0.25, 0.3) is 0 Å². The van der Waals surface area contributed by atoms with E-state index >= 15 is 0 Å². The molecule has 1 aromatic carbocycles. The Kier molecular flexibility index (Phi) is 3.10. The summed E-state index contributed by atoms with van der Waals surface area (Å²) in [5.41, 5.74) is 5.95. The van der Waals surface area contributed by atoms with Crippen molar-refractivity contribution in [2.75, 3.05) is 11.1 Å². The van der Waals surface area contributed by atoms with Crippen LogP contribution in [0, 0.1) is 10.1 Å². The molecule has 0 bridgehead atoms. The van der Waals surface area contributed by atoms with E-state index in [1.165, 1.54) is 28.9 Å². The zero-order valence-electron chi connectivity index (χ0n) is 9.90. The molecule has 0 radical (unpaired) electrons. The maximum Gasteiger partial charge on any atom is 0.280 e. The number of benzene rings is 1. The van der Waals surface area contributed by atoms with Crippen LogP contribution in [0.4, 0.5) is 17.2 Å². The molecular weight excluding hydrogens is 252 g/mol. The number of amides is 1. The predicted molar refractivity (Wildman–Crippen MR) is 66.5 cm³/mol. The number of nitrogens with zero attached hydrogens (tertiary/aromatic N) is 4. The number of hydrogen-bond donors (Lipinski definition) is 2. The summed E-state index contributed by atoms with van der Waals surface area (Å²) in [7, 11) is 1.56. The monoisotopic (exact) mass is 262 g/mol. The molecule has 0 saturated carbocycles. The lowest BCUT2D eigenvalue weighted by Gasteiger charge is -2.03. The lowest BCUT2D eigenvalue weighted by atomic mass is 10.2. The Bertz CT molecular complexity index is 633. The Balaban J connectivity index is 2.15. The maximum absolute atomic E-state index is 11.8. The summed E-state index contributed by atoms with van der Waals surface area (Å²) in [6, 6.07) is 5.41. The SMILES string of the molecule is Cn1nnc(C(=O)Nc2ccc([N+](=O)[O-])cc2)c1N. The van der Waals surface area contributed by atoms with Gasteiger partial charge in [-0.15, -0.1) is 5.10 Å². The number of carbonyl (C=O) groups is 1. The van der Waals surface area contributed by atoms with Gasteiger partial charge in [0.05, 0.1) is 4.92 Å². The Morgan fingerprint density at radius 2 is 2.05 bits per heavy atom. The second-order valence-electron chi connectivity index (χ2n) is 3.71. The highest BCUT2D eigenvalue weighted by Crippen LogP contribution is 2.16. The van der Waals surface area contributed by atoms with Gasteiger partial charge < -0.3 is 11.1 Å². The molecule has 0 aliphatic rings. The third kappa shape index (κ3) is 2.49. The zero-order valence-corrected chi connectivity index (χ0v) is 9.90. The van der Waals surface area contributed by atoms with Crippen LogP contribution in [-0.4, -0.2) is 25.8 Å². The van der Waals surface area contributed by atoms with Crippen LogP contribution in [-0.2, 0) is 7.05 Å². The van der Waals surface area contributed by atoms with Gasteiger partial charge in [0, 0.05) is 24.9 Å². The topological polar surface area (TPSA) is 129 Å². The maximum atomic E-state index is 11.8. The molecule has 2 aromatic rings. The predicted octanol–water partition coefficient (Wildman–Crippen LogP) is 0.558. The Labute approximate surface area is 107 Å². The molecular formula is C10H10N6O3. The van der Waals surface area contributed by atoms with Gasteiger partial charge in [-0.05, 0) is 12.1 Å². The number of nitrogen functional groups attached to an aromatic ring is 1. The average Bonchev–Trinajstić information content (AvgIpc) is 2.70. The van der Waals surface area contributed by atoms with Gasteiger partial charge in [-0.1, -0.05) is 5.21 Å². The van der Waals surface area contributed by atoms with Gasteiger partial charge in [0.1, 0.15) is 0 Å². The lowest BCUT2D eigenvalue weighted by Crippen LogP contribution is -2.14. The van der Waals surface area contributed by atoms with E-state index in [1.54, 1.807) is 7.05 Å². The van der Waals surface area contributed by atoms with Crippen LogP contribution < -0.4 is 11.1 Å². The molecule has 0 aliphatic heterocycles. The highest BCUT2D eigenvalue weighted by Gasteiger charge is 2.16. The van der Waals surface area contributed by atoms with Crippen molar-refractivity contribution >= 4 is 23.1 Å². The van der Waals surface area contributed by atoms with Crippen molar-refractivity contribution in [2.45, 2.75) is 0 Å². The van der Waals surface area contributed by atoms with Gasteiger partial charge >= 0.3 is 0 Å². The number of hydrogen-bond acceptors (Lipinski definition) is 6. The summed E-state index contributed by atoms with van der Waals surface area (Å²) >= 11 is 0. The van der Waals surface area contributed by atoms with Crippen molar-refractivity contribution in [3.8, 4) is 0 Å². The Morgan fingerprint density at radius 3 is 2.53 bits per heavy atom. The van der Waals surface area contributed by atoms with E-state index in [0.717, 1.165) is 0 Å². The summed E-state index contributed by atoms with van der Waals surface area (Å²) in [5, 5.41) is 20.2. The molecule has 0 aliphatic carbocycles. The van der Waals surface area contributed by atoms with E-state index < -0.39 is 10.8 Å². The van der Waals surface area contributed by atoms with Gasteiger partial charge in [-0.25, -0.2) is 4.68 Å². The summed E-state index contributed by atoms with van der Waals surface area (Å²) in [4.78, 5) is 21.8. The smallest absolute Gasteiger partial charge is 0.280 e. The molecule has 9 nitrogen and oxygen atoms in total. The van der Waals surface area contributed by atoms with Crippen molar-refractivity contribution < 1.29 is 9.72 Å². The van der Waals surface area contributed by atoms with Gasteiger partial charge in [-0.3, -0.25) is 14.9 Å². The van der Waals surface area contributed by atoms with Crippen LogP contribution in [0.5, 0.6) is 0 Å². The van der Waals surface area contributed by atoms with Gasteiger partial charge in [-0.2, -0.15) is 0 Å². The number of aryl methyl sites for hydroxylation is 1. The molecule has 0 atom stereocenters. The van der Waals surface area contributed by atoms with E-state index in [4.69, 9.17) is 5.73 Å². The van der Waals surface area contributed by atoms with E-state index in [0.29, 0.717) is 5.69 Å². The lowest BCUT2D eigenvalue weighted by molar-refractivity contribution is -0.384. The van der Waals surface area contributed by atoms with Crippen LogP contribution in [0.15, 0.2) is 24.3 Å². The largest absolute Gasteiger partial charge is 0.382 e. The fraction of sp³-hybridized carbons (Fsp3) is 0.100. The third-order valence-electron chi connectivity index (χ3n) is 2.42. The quantitative estimate of drug-likeness (QED) is 0.614. The fourth-order valence-corrected chi connectivity index (χ4v) is 1.38. The summed E-state index contributed by atoms with van der Waals surface area (Å²) in [6.45, 7) is 0. The van der Waals surface area contributed by atoms with Gasteiger partial charge in [0.2, 0.25) is 0 Å². The van der Waals surface area contributed by atoms with E-state index in [9.17, 15) is 14.9 Å². The molecule has 0 fully saturated rings. The number of carbonyl (C=O) groups excluding carboxylic acids is 1. The van der Waals surface area contributed by atoms with Crippen LogP contribution >= 0.6 is 0 Å². The Morgan fingerprint density at radius 1 is 1.42 bits per heavy atom. The van der Waals surface area contributed by atoms with Crippen molar-refractivity contribution in [1.29, 1.82) is 0 Å². The number of nitro benzene ring substituents is 1. The van der Waals surface area contributed by atoms with Crippen molar-refractivity contribution in [3.63, 3.8) is 0 Å². The summed E-state index contributed by atoms with van der Waals surface area (Å²) in [6.07, 6.45) is 0. The molecule has 0 spiro atoms. The first-order chi connectivity index (χ1) is 8.99. The number of nitro groups is 1. The zero-order chi connectivity index (χ0) is 14.0. The normalized spacial score (nSPS) is 10.2. The minimum Gasteiger partial charge on any atom is -0.382 e.